The van der Waals surface area contributed by atoms with E-state index in [1.165, 1.54) is 0 Å². The lowest BCUT2D eigenvalue weighted by Gasteiger charge is -2.24. The number of hydrogen-bond acceptors (Lipinski definition) is 3. The van der Waals surface area contributed by atoms with Gasteiger partial charge in [-0.25, -0.2) is 0 Å². The molecule has 102 valence electrons. The highest BCUT2D eigenvalue weighted by atomic mass is 16.1. The van der Waals surface area contributed by atoms with E-state index >= 15 is 0 Å². The molecule has 1 aliphatic heterocycles. The first kappa shape index (κ1) is 13.6. The van der Waals surface area contributed by atoms with Crippen LogP contribution < -0.4 is 16.0 Å². The fourth-order valence-electron chi connectivity index (χ4n) is 2.19. The van der Waals surface area contributed by atoms with Crippen molar-refractivity contribution in [3.63, 3.8) is 0 Å². The van der Waals surface area contributed by atoms with Crippen molar-refractivity contribution in [1.82, 2.24) is 10.6 Å². The van der Waals surface area contributed by atoms with Crippen LogP contribution in [0.5, 0.6) is 0 Å². The quantitative estimate of drug-likeness (QED) is 0.706. The third-order valence-electron chi connectivity index (χ3n) is 3.26. The SMILES string of the molecule is C=CCNC(=O)c1ccc(NC2CCNCC2)cc1. The van der Waals surface area contributed by atoms with Gasteiger partial charge in [-0.15, -0.1) is 6.58 Å². The van der Waals surface area contributed by atoms with Gasteiger partial charge in [0.1, 0.15) is 0 Å². The van der Waals surface area contributed by atoms with Gasteiger partial charge < -0.3 is 16.0 Å². The lowest BCUT2D eigenvalue weighted by molar-refractivity contribution is 0.0958. The highest BCUT2D eigenvalue weighted by Crippen LogP contribution is 2.14. The van der Waals surface area contributed by atoms with Crippen LogP contribution in [0.4, 0.5) is 5.69 Å². The number of rotatable bonds is 5. The third kappa shape index (κ3) is 4.10. The molecule has 0 radical (unpaired) electrons. The number of carbonyl (C=O) groups excluding carboxylic acids is 1. The van der Waals surface area contributed by atoms with Crippen molar-refractivity contribution in [2.45, 2.75) is 18.9 Å². The molecule has 1 aromatic carbocycles. The fourth-order valence-corrected chi connectivity index (χ4v) is 2.19. The van der Waals surface area contributed by atoms with Crippen LogP contribution >= 0.6 is 0 Å². The van der Waals surface area contributed by atoms with Crippen LogP contribution in [0.1, 0.15) is 23.2 Å². The summed E-state index contributed by atoms with van der Waals surface area (Å²) in [5, 5.41) is 9.61. The maximum Gasteiger partial charge on any atom is 0.251 e. The molecule has 0 atom stereocenters. The first-order valence-electron chi connectivity index (χ1n) is 6.76. The molecule has 1 saturated heterocycles. The van der Waals surface area contributed by atoms with Gasteiger partial charge in [-0.05, 0) is 50.2 Å². The minimum absolute atomic E-state index is 0.0617. The van der Waals surface area contributed by atoms with Gasteiger partial charge in [0, 0.05) is 23.8 Å². The molecule has 1 aliphatic rings. The van der Waals surface area contributed by atoms with Gasteiger partial charge >= 0.3 is 0 Å². The van der Waals surface area contributed by atoms with E-state index in [-0.39, 0.29) is 5.91 Å². The summed E-state index contributed by atoms with van der Waals surface area (Å²) in [6, 6.07) is 8.15. The van der Waals surface area contributed by atoms with E-state index in [0.29, 0.717) is 18.2 Å². The zero-order valence-electron chi connectivity index (χ0n) is 11.1. The van der Waals surface area contributed by atoms with Crippen molar-refractivity contribution in [3.05, 3.63) is 42.5 Å². The Hall–Kier alpha value is -1.81. The van der Waals surface area contributed by atoms with Gasteiger partial charge in [-0.2, -0.15) is 0 Å². The van der Waals surface area contributed by atoms with E-state index in [0.717, 1.165) is 31.6 Å². The zero-order valence-corrected chi connectivity index (χ0v) is 11.1. The van der Waals surface area contributed by atoms with Crippen LogP contribution in [-0.4, -0.2) is 31.6 Å². The molecule has 3 N–H and O–H groups in total. The van der Waals surface area contributed by atoms with Gasteiger partial charge in [-0.1, -0.05) is 6.08 Å². The second-order valence-corrected chi connectivity index (χ2v) is 4.74. The molecule has 0 aliphatic carbocycles. The van der Waals surface area contributed by atoms with E-state index in [1.54, 1.807) is 6.08 Å². The lowest BCUT2D eigenvalue weighted by atomic mass is 10.1. The van der Waals surface area contributed by atoms with E-state index in [1.807, 2.05) is 24.3 Å². The Kier molecular flexibility index (Phi) is 4.98. The topological polar surface area (TPSA) is 53.2 Å². The first-order chi connectivity index (χ1) is 9.29. The zero-order chi connectivity index (χ0) is 13.5. The predicted molar refractivity (Wildman–Crippen MR) is 78.5 cm³/mol. The third-order valence-corrected chi connectivity index (χ3v) is 3.26. The van der Waals surface area contributed by atoms with Crippen molar-refractivity contribution in [1.29, 1.82) is 0 Å². The van der Waals surface area contributed by atoms with Crippen molar-refractivity contribution in [2.75, 3.05) is 25.0 Å². The minimum atomic E-state index is -0.0617. The number of anilines is 1. The highest BCUT2D eigenvalue weighted by molar-refractivity contribution is 5.94. The van der Waals surface area contributed by atoms with Crippen molar-refractivity contribution >= 4 is 11.6 Å². The standard InChI is InChI=1S/C15H21N3O/c1-2-9-17-15(19)12-3-5-13(6-4-12)18-14-7-10-16-11-8-14/h2-6,14,16,18H,1,7-11H2,(H,17,19). The van der Waals surface area contributed by atoms with Crippen LogP contribution in [0.3, 0.4) is 0 Å². The largest absolute Gasteiger partial charge is 0.382 e. The molecule has 0 spiro atoms. The number of amides is 1. The number of piperidine rings is 1. The Morgan fingerprint density at radius 3 is 2.63 bits per heavy atom. The predicted octanol–water partition coefficient (Wildman–Crippen LogP) is 1.77. The maximum absolute atomic E-state index is 11.7. The lowest BCUT2D eigenvalue weighted by Crippen LogP contribution is -2.35. The molecular formula is C15H21N3O. The Morgan fingerprint density at radius 2 is 2.00 bits per heavy atom. The van der Waals surface area contributed by atoms with Gasteiger partial charge in [0.25, 0.3) is 5.91 Å². The summed E-state index contributed by atoms with van der Waals surface area (Å²) >= 11 is 0. The van der Waals surface area contributed by atoms with Crippen molar-refractivity contribution in [2.24, 2.45) is 0 Å². The molecule has 0 saturated carbocycles. The van der Waals surface area contributed by atoms with Gasteiger partial charge in [-0.3, -0.25) is 4.79 Å². The smallest absolute Gasteiger partial charge is 0.251 e. The maximum atomic E-state index is 11.7. The second-order valence-electron chi connectivity index (χ2n) is 4.74. The number of carbonyl (C=O) groups is 1. The van der Waals surface area contributed by atoms with Gasteiger partial charge in [0.2, 0.25) is 0 Å². The Bertz CT molecular complexity index is 422. The molecule has 0 bridgehead atoms. The fraction of sp³-hybridized carbons (Fsp3) is 0.400. The first-order valence-corrected chi connectivity index (χ1v) is 6.76. The van der Waals surface area contributed by atoms with Crippen LogP contribution in [0.25, 0.3) is 0 Å². The van der Waals surface area contributed by atoms with Crippen LogP contribution in [0.15, 0.2) is 36.9 Å². The van der Waals surface area contributed by atoms with Gasteiger partial charge in [0.15, 0.2) is 0 Å². The number of nitrogens with one attached hydrogen (secondary N) is 3. The Labute approximate surface area is 114 Å². The minimum Gasteiger partial charge on any atom is -0.382 e. The molecule has 2 rings (SSSR count). The summed E-state index contributed by atoms with van der Waals surface area (Å²) in [6.45, 7) is 6.21. The molecule has 0 aromatic heterocycles. The van der Waals surface area contributed by atoms with Crippen LogP contribution in [0, 0.1) is 0 Å². The van der Waals surface area contributed by atoms with Crippen molar-refractivity contribution < 1.29 is 4.79 Å². The summed E-state index contributed by atoms with van der Waals surface area (Å²) in [6.07, 6.45) is 3.95. The molecule has 1 heterocycles. The Balaban J connectivity index is 1.90. The normalized spacial score (nSPS) is 15.8. The summed E-state index contributed by atoms with van der Waals surface area (Å²) in [4.78, 5) is 11.7. The second kappa shape index (κ2) is 6.95. The average molecular weight is 259 g/mol. The van der Waals surface area contributed by atoms with E-state index in [4.69, 9.17) is 0 Å². The van der Waals surface area contributed by atoms with E-state index in [2.05, 4.69) is 22.5 Å². The van der Waals surface area contributed by atoms with E-state index < -0.39 is 0 Å². The molecule has 1 amide bonds. The summed E-state index contributed by atoms with van der Waals surface area (Å²) in [7, 11) is 0. The summed E-state index contributed by atoms with van der Waals surface area (Å²) in [5.74, 6) is -0.0617. The number of benzene rings is 1. The molecule has 1 fully saturated rings. The summed E-state index contributed by atoms with van der Waals surface area (Å²) in [5.41, 5.74) is 1.75. The molecule has 19 heavy (non-hydrogen) atoms. The molecule has 0 unspecified atom stereocenters. The molecule has 4 nitrogen and oxygen atoms in total. The molecule has 4 heteroatoms. The van der Waals surface area contributed by atoms with Crippen molar-refractivity contribution in [3.8, 4) is 0 Å². The van der Waals surface area contributed by atoms with Gasteiger partial charge in [0.05, 0.1) is 0 Å². The monoisotopic (exact) mass is 259 g/mol. The Morgan fingerprint density at radius 1 is 1.32 bits per heavy atom. The molecule has 1 aromatic rings. The van der Waals surface area contributed by atoms with Crippen LogP contribution in [0.2, 0.25) is 0 Å². The summed E-state index contributed by atoms with van der Waals surface area (Å²) < 4.78 is 0. The molecular weight excluding hydrogens is 238 g/mol. The van der Waals surface area contributed by atoms with E-state index in [9.17, 15) is 4.79 Å². The highest BCUT2D eigenvalue weighted by Gasteiger charge is 2.12. The van der Waals surface area contributed by atoms with Crippen LogP contribution in [-0.2, 0) is 0 Å². The average Bonchev–Trinajstić information content (AvgIpc) is 2.46. The number of hydrogen-bond donors (Lipinski definition) is 3.